The second-order valence-corrected chi connectivity index (χ2v) is 5.44. The molecule has 2 rings (SSSR count). The predicted molar refractivity (Wildman–Crippen MR) is 77.5 cm³/mol. The number of hydrogen-bond acceptors (Lipinski definition) is 5. The number of carbonyl (C=O) groups excluding carboxylic acids is 1. The maximum Gasteiger partial charge on any atom is 0.269 e. The molecule has 0 spiro atoms. The lowest BCUT2D eigenvalue weighted by atomic mass is 9.82. The van der Waals surface area contributed by atoms with Crippen LogP contribution < -0.4 is 10.9 Å². The van der Waals surface area contributed by atoms with E-state index in [1.165, 1.54) is 24.3 Å². The zero-order valence-corrected chi connectivity index (χ0v) is 11.7. The number of anilines is 1. The number of hydrogen-bond donors (Lipinski definition) is 3. The van der Waals surface area contributed by atoms with Crippen molar-refractivity contribution in [3.8, 4) is 0 Å². The maximum atomic E-state index is 11.8. The lowest BCUT2D eigenvalue weighted by molar-refractivity contribution is -0.384. The van der Waals surface area contributed by atoms with E-state index >= 15 is 0 Å². The van der Waals surface area contributed by atoms with Gasteiger partial charge in [0, 0.05) is 12.1 Å². The van der Waals surface area contributed by atoms with E-state index in [2.05, 4.69) is 10.9 Å². The molecule has 0 aromatic heterocycles. The van der Waals surface area contributed by atoms with E-state index in [-0.39, 0.29) is 18.0 Å². The molecule has 1 aliphatic rings. The van der Waals surface area contributed by atoms with E-state index in [0.717, 1.165) is 19.3 Å². The molecular weight excluding hydrogens is 274 g/mol. The zero-order valence-electron chi connectivity index (χ0n) is 11.7. The molecule has 21 heavy (non-hydrogen) atoms. The molecule has 7 heteroatoms. The first kappa shape index (κ1) is 15.2. The van der Waals surface area contributed by atoms with Gasteiger partial charge < -0.3 is 5.11 Å². The van der Waals surface area contributed by atoms with Crippen molar-refractivity contribution in [3.63, 3.8) is 0 Å². The molecule has 1 saturated carbocycles. The summed E-state index contributed by atoms with van der Waals surface area (Å²) in [6, 6.07) is 5.72. The summed E-state index contributed by atoms with van der Waals surface area (Å²) in [6.45, 7) is 0. The highest BCUT2D eigenvalue weighted by molar-refractivity contribution is 5.78. The van der Waals surface area contributed by atoms with E-state index in [9.17, 15) is 20.0 Å². The number of benzene rings is 1. The van der Waals surface area contributed by atoms with Crippen LogP contribution in [0, 0.1) is 10.1 Å². The summed E-state index contributed by atoms with van der Waals surface area (Å²) in [6.07, 6.45) is 4.35. The van der Waals surface area contributed by atoms with Gasteiger partial charge in [-0.3, -0.25) is 25.8 Å². The van der Waals surface area contributed by atoms with Crippen molar-refractivity contribution >= 4 is 17.3 Å². The smallest absolute Gasteiger partial charge is 0.269 e. The Morgan fingerprint density at radius 1 is 1.24 bits per heavy atom. The number of non-ortho nitro benzene ring substituents is 1. The van der Waals surface area contributed by atoms with Gasteiger partial charge in [-0.15, -0.1) is 0 Å². The molecule has 0 radical (unpaired) electrons. The molecule has 1 aromatic carbocycles. The molecule has 0 heterocycles. The molecule has 1 aliphatic carbocycles. The Morgan fingerprint density at radius 3 is 2.43 bits per heavy atom. The van der Waals surface area contributed by atoms with Crippen LogP contribution in [0.4, 0.5) is 11.4 Å². The lowest BCUT2D eigenvalue weighted by Crippen LogP contribution is -2.40. The van der Waals surface area contributed by atoms with Crippen LogP contribution in [0.2, 0.25) is 0 Å². The number of rotatable bonds is 5. The summed E-state index contributed by atoms with van der Waals surface area (Å²) in [5.74, 6) is -0.294. The number of nitrogens with zero attached hydrogens (tertiary/aromatic N) is 1. The second-order valence-electron chi connectivity index (χ2n) is 5.44. The first-order valence-electron chi connectivity index (χ1n) is 7.00. The highest BCUT2D eigenvalue weighted by Crippen LogP contribution is 2.30. The summed E-state index contributed by atoms with van der Waals surface area (Å²) in [5.41, 5.74) is 4.82. The predicted octanol–water partition coefficient (Wildman–Crippen LogP) is 2.12. The van der Waals surface area contributed by atoms with Crippen molar-refractivity contribution in [1.29, 1.82) is 0 Å². The van der Waals surface area contributed by atoms with Gasteiger partial charge >= 0.3 is 0 Å². The first-order chi connectivity index (χ1) is 9.98. The minimum absolute atomic E-state index is 0.0107. The number of hydrazine groups is 1. The van der Waals surface area contributed by atoms with Crippen molar-refractivity contribution in [2.24, 2.45) is 0 Å². The molecule has 3 N–H and O–H groups in total. The average Bonchev–Trinajstić information content (AvgIpc) is 2.46. The molecule has 1 amide bonds. The molecular formula is C14H19N3O4. The summed E-state index contributed by atoms with van der Waals surface area (Å²) in [5, 5.41) is 20.8. The van der Waals surface area contributed by atoms with Crippen molar-refractivity contribution in [2.45, 2.75) is 44.1 Å². The van der Waals surface area contributed by atoms with Crippen LogP contribution in [0.1, 0.15) is 38.5 Å². The van der Waals surface area contributed by atoms with Crippen LogP contribution in [0.5, 0.6) is 0 Å². The molecule has 0 aliphatic heterocycles. The van der Waals surface area contributed by atoms with E-state index in [0.29, 0.717) is 18.5 Å². The molecule has 1 fully saturated rings. The summed E-state index contributed by atoms with van der Waals surface area (Å²) < 4.78 is 0. The maximum absolute atomic E-state index is 11.8. The Hall–Kier alpha value is -2.15. The fourth-order valence-corrected chi connectivity index (χ4v) is 2.54. The monoisotopic (exact) mass is 293 g/mol. The third-order valence-electron chi connectivity index (χ3n) is 3.70. The van der Waals surface area contributed by atoms with Gasteiger partial charge in [0.1, 0.15) is 0 Å². The minimum atomic E-state index is -0.903. The van der Waals surface area contributed by atoms with Gasteiger partial charge in [0.2, 0.25) is 5.91 Å². The lowest BCUT2D eigenvalue weighted by Gasteiger charge is -2.31. The first-order valence-corrected chi connectivity index (χ1v) is 7.00. The number of amides is 1. The van der Waals surface area contributed by atoms with Crippen molar-refractivity contribution in [1.82, 2.24) is 5.43 Å². The summed E-state index contributed by atoms with van der Waals surface area (Å²) in [4.78, 5) is 21.9. The Balaban J connectivity index is 1.82. The molecule has 114 valence electrons. The third kappa shape index (κ3) is 4.42. The Morgan fingerprint density at radius 2 is 1.86 bits per heavy atom. The van der Waals surface area contributed by atoms with Gasteiger partial charge in [-0.25, -0.2) is 0 Å². The van der Waals surface area contributed by atoms with Crippen LogP contribution in [-0.4, -0.2) is 21.5 Å². The quantitative estimate of drug-likeness (QED) is 0.569. The molecule has 0 atom stereocenters. The van der Waals surface area contributed by atoms with Crippen LogP contribution in [0.3, 0.4) is 0 Å². The molecule has 7 nitrogen and oxygen atoms in total. The zero-order chi connectivity index (χ0) is 15.3. The third-order valence-corrected chi connectivity index (χ3v) is 3.70. The van der Waals surface area contributed by atoms with E-state index in [1.54, 1.807) is 0 Å². The van der Waals surface area contributed by atoms with E-state index in [4.69, 9.17) is 0 Å². The standard InChI is InChI=1S/C14H19N3O4/c18-13(10-14(19)8-2-1-3-9-14)16-15-11-4-6-12(7-5-11)17(20)21/h4-7,15,19H,1-3,8-10H2,(H,16,18). The fourth-order valence-electron chi connectivity index (χ4n) is 2.54. The number of nitro groups is 1. The minimum Gasteiger partial charge on any atom is -0.389 e. The Bertz CT molecular complexity index is 509. The SMILES string of the molecule is O=C(CC1(O)CCCCC1)NNc1ccc([N+](=O)[O-])cc1. The van der Waals surface area contributed by atoms with Crippen molar-refractivity contribution in [2.75, 3.05) is 5.43 Å². The van der Waals surface area contributed by atoms with Gasteiger partial charge in [0.25, 0.3) is 5.69 Å². The number of nitrogens with one attached hydrogen (secondary N) is 2. The summed E-state index contributed by atoms with van der Waals surface area (Å²) in [7, 11) is 0. The van der Waals surface area contributed by atoms with Crippen LogP contribution in [0.25, 0.3) is 0 Å². The average molecular weight is 293 g/mol. The van der Waals surface area contributed by atoms with Crippen molar-refractivity contribution < 1.29 is 14.8 Å². The van der Waals surface area contributed by atoms with Crippen LogP contribution >= 0.6 is 0 Å². The molecule has 1 aromatic rings. The normalized spacial score (nSPS) is 17.0. The number of carbonyl (C=O) groups is 1. The van der Waals surface area contributed by atoms with Gasteiger partial charge in [0.05, 0.1) is 22.6 Å². The van der Waals surface area contributed by atoms with Crippen molar-refractivity contribution in [3.05, 3.63) is 34.4 Å². The number of aliphatic hydroxyl groups is 1. The molecule has 0 unspecified atom stereocenters. The topological polar surface area (TPSA) is 104 Å². The largest absolute Gasteiger partial charge is 0.389 e. The van der Waals surface area contributed by atoms with E-state index in [1.807, 2.05) is 0 Å². The second kappa shape index (κ2) is 6.53. The highest BCUT2D eigenvalue weighted by Gasteiger charge is 2.31. The van der Waals surface area contributed by atoms with Crippen LogP contribution in [-0.2, 0) is 4.79 Å². The summed E-state index contributed by atoms with van der Waals surface area (Å²) >= 11 is 0. The molecule has 0 bridgehead atoms. The van der Waals surface area contributed by atoms with E-state index < -0.39 is 10.5 Å². The Labute approximate surface area is 122 Å². The van der Waals surface area contributed by atoms with Gasteiger partial charge in [-0.2, -0.15) is 0 Å². The van der Waals surface area contributed by atoms with Gasteiger partial charge in [0.15, 0.2) is 0 Å². The van der Waals surface area contributed by atoms with Gasteiger partial charge in [-0.1, -0.05) is 19.3 Å². The Kier molecular flexibility index (Phi) is 4.74. The fraction of sp³-hybridized carbons (Fsp3) is 0.500. The molecule has 0 saturated heterocycles. The highest BCUT2D eigenvalue weighted by atomic mass is 16.6. The number of nitro benzene ring substituents is 1. The van der Waals surface area contributed by atoms with Gasteiger partial charge in [-0.05, 0) is 25.0 Å². The van der Waals surface area contributed by atoms with Crippen LogP contribution in [0.15, 0.2) is 24.3 Å².